The lowest BCUT2D eigenvalue weighted by Crippen LogP contribution is -2.33. The molecule has 0 bridgehead atoms. The summed E-state index contributed by atoms with van der Waals surface area (Å²) < 4.78 is 6.94. The Bertz CT molecular complexity index is 860. The summed E-state index contributed by atoms with van der Waals surface area (Å²) in [7, 11) is 0. The van der Waals surface area contributed by atoms with E-state index < -0.39 is 0 Å². The molecule has 1 N–H and O–H groups in total. The summed E-state index contributed by atoms with van der Waals surface area (Å²) in [6.45, 7) is 1.91. The number of aromatic nitrogens is 3. The van der Waals surface area contributed by atoms with E-state index in [1.807, 2.05) is 6.07 Å². The maximum absolute atomic E-state index is 12.6. The first-order valence-electron chi connectivity index (χ1n) is 9.46. The minimum atomic E-state index is -0.389. The monoisotopic (exact) mass is 356 g/mol. The number of carbonyl (C=O) groups excluding carboxylic acids is 1. The molecule has 2 aromatic heterocycles. The lowest BCUT2D eigenvalue weighted by molar-refractivity contribution is 0.0943. The summed E-state index contributed by atoms with van der Waals surface area (Å²) in [5.41, 5.74) is 0.655. The van der Waals surface area contributed by atoms with Crippen molar-refractivity contribution >= 4 is 5.91 Å². The molecule has 2 heterocycles. The minimum absolute atomic E-state index is 0.135. The normalized spacial score (nSPS) is 18.0. The fourth-order valence-corrected chi connectivity index (χ4v) is 3.67. The molecular formula is C19H24N4O3. The number of aryl methyl sites for hydroxylation is 1. The molecule has 26 heavy (non-hydrogen) atoms. The van der Waals surface area contributed by atoms with E-state index in [1.54, 1.807) is 17.7 Å². The molecule has 4 rings (SSSR count). The first kappa shape index (κ1) is 17.0. The molecule has 2 saturated carbocycles. The molecule has 1 amide bonds. The van der Waals surface area contributed by atoms with Crippen LogP contribution in [0.3, 0.4) is 0 Å². The van der Waals surface area contributed by atoms with Crippen molar-refractivity contribution in [1.29, 1.82) is 0 Å². The first-order valence-corrected chi connectivity index (χ1v) is 9.46. The zero-order chi connectivity index (χ0) is 18.1. The van der Waals surface area contributed by atoms with Crippen molar-refractivity contribution in [1.82, 2.24) is 20.0 Å². The summed E-state index contributed by atoms with van der Waals surface area (Å²) in [5.74, 6) is 1.09. The average molecular weight is 356 g/mol. The zero-order valence-corrected chi connectivity index (χ0v) is 15.0. The molecule has 0 spiro atoms. The third-order valence-corrected chi connectivity index (χ3v) is 5.35. The van der Waals surface area contributed by atoms with Crippen molar-refractivity contribution in [3.05, 3.63) is 45.5 Å². The molecule has 0 atom stereocenters. The van der Waals surface area contributed by atoms with Crippen LogP contribution in [-0.4, -0.2) is 20.6 Å². The Kier molecular flexibility index (Phi) is 4.61. The van der Waals surface area contributed by atoms with E-state index in [0.717, 1.165) is 31.5 Å². The molecule has 2 aromatic rings. The second kappa shape index (κ2) is 7.05. The van der Waals surface area contributed by atoms with Crippen LogP contribution in [-0.2, 0) is 6.54 Å². The topological polar surface area (TPSA) is 90.0 Å². The predicted octanol–water partition coefficient (Wildman–Crippen LogP) is 2.85. The number of hydrogen-bond acceptors (Lipinski definition) is 5. The van der Waals surface area contributed by atoms with Crippen molar-refractivity contribution in [3.63, 3.8) is 0 Å². The lowest BCUT2D eigenvalue weighted by Gasteiger charge is -2.17. The molecule has 138 valence electrons. The Morgan fingerprint density at radius 3 is 2.77 bits per heavy atom. The van der Waals surface area contributed by atoms with Crippen molar-refractivity contribution in [2.24, 2.45) is 0 Å². The second-order valence-electron chi connectivity index (χ2n) is 7.38. The summed E-state index contributed by atoms with van der Waals surface area (Å²) in [6, 6.07) is 2.06. The number of carbonyl (C=O) groups is 1. The van der Waals surface area contributed by atoms with Gasteiger partial charge in [0, 0.05) is 18.2 Å². The number of pyridine rings is 1. The quantitative estimate of drug-likeness (QED) is 0.890. The van der Waals surface area contributed by atoms with Crippen LogP contribution in [0.2, 0.25) is 0 Å². The predicted molar refractivity (Wildman–Crippen MR) is 95.0 cm³/mol. The van der Waals surface area contributed by atoms with Crippen LogP contribution in [0.5, 0.6) is 0 Å². The largest absolute Gasteiger partial charge is 0.343 e. The number of nitrogens with one attached hydrogen (secondary N) is 1. The summed E-state index contributed by atoms with van der Waals surface area (Å²) in [5, 5.41) is 6.82. The maximum atomic E-state index is 12.6. The highest BCUT2D eigenvalue weighted by atomic mass is 16.5. The van der Waals surface area contributed by atoms with Gasteiger partial charge in [0.25, 0.3) is 11.5 Å². The Balaban J connectivity index is 1.44. The van der Waals surface area contributed by atoms with Crippen LogP contribution in [0.25, 0.3) is 0 Å². The van der Waals surface area contributed by atoms with Gasteiger partial charge in [0.15, 0.2) is 5.82 Å². The van der Waals surface area contributed by atoms with E-state index in [1.165, 1.54) is 19.3 Å². The van der Waals surface area contributed by atoms with E-state index >= 15 is 0 Å². The van der Waals surface area contributed by atoms with Crippen molar-refractivity contribution < 1.29 is 9.32 Å². The number of hydrogen-bond donors (Lipinski definition) is 1. The molecule has 2 aliphatic rings. The van der Waals surface area contributed by atoms with Gasteiger partial charge in [-0.3, -0.25) is 9.59 Å². The Morgan fingerprint density at radius 2 is 2.04 bits per heavy atom. The van der Waals surface area contributed by atoms with Gasteiger partial charge in [0.2, 0.25) is 5.89 Å². The molecule has 0 unspecified atom stereocenters. The van der Waals surface area contributed by atoms with Gasteiger partial charge in [-0.25, -0.2) is 0 Å². The van der Waals surface area contributed by atoms with E-state index in [4.69, 9.17) is 4.52 Å². The van der Waals surface area contributed by atoms with E-state index in [0.29, 0.717) is 17.4 Å². The van der Waals surface area contributed by atoms with Crippen molar-refractivity contribution in [3.8, 4) is 0 Å². The van der Waals surface area contributed by atoms with Crippen LogP contribution in [0.4, 0.5) is 0 Å². The van der Waals surface area contributed by atoms with Crippen LogP contribution >= 0.6 is 0 Å². The number of rotatable bonds is 5. The van der Waals surface area contributed by atoms with Gasteiger partial charge in [-0.05, 0) is 44.2 Å². The van der Waals surface area contributed by atoms with Crippen LogP contribution < -0.4 is 10.9 Å². The van der Waals surface area contributed by atoms with E-state index in [-0.39, 0.29) is 29.6 Å². The van der Waals surface area contributed by atoms with Gasteiger partial charge in [0.1, 0.15) is 5.56 Å². The SMILES string of the molecule is Cc1ccn(C2CC2)c(=O)c1C(=O)NCc1nc(C2CCCCC2)no1. The Morgan fingerprint density at radius 1 is 1.27 bits per heavy atom. The Hall–Kier alpha value is -2.44. The summed E-state index contributed by atoms with van der Waals surface area (Å²) in [6.07, 6.45) is 9.63. The van der Waals surface area contributed by atoms with Gasteiger partial charge in [-0.2, -0.15) is 4.98 Å². The van der Waals surface area contributed by atoms with Gasteiger partial charge in [-0.1, -0.05) is 24.4 Å². The van der Waals surface area contributed by atoms with Crippen LogP contribution in [0.15, 0.2) is 21.6 Å². The van der Waals surface area contributed by atoms with Gasteiger partial charge < -0.3 is 14.4 Å². The Labute approximate surface area is 151 Å². The molecule has 0 aromatic carbocycles. The third-order valence-electron chi connectivity index (χ3n) is 5.35. The van der Waals surface area contributed by atoms with E-state index in [9.17, 15) is 9.59 Å². The number of nitrogens with zero attached hydrogens (tertiary/aromatic N) is 3. The molecule has 0 radical (unpaired) electrons. The molecule has 7 heteroatoms. The molecular weight excluding hydrogens is 332 g/mol. The third kappa shape index (κ3) is 3.43. The van der Waals surface area contributed by atoms with Crippen LogP contribution in [0, 0.1) is 6.92 Å². The molecule has 7 nitrogen and oxygen atoms in total. The highest BCUT2D eigenvalue weighted by Gasteiger charge is 2.27. The zero-order valence-electron chi connectivity index (χ0n) is 15.0. The minimum Gasteiger partial charge on any atom is -0.343 e. The first-order chi connectivity index (χ1) is 12.6. The second-order valence-corrected chi connectivity index (χ2v) is 7.38. The summed E-state index contributed by atoms with van der Waals surface area (Å²) in [4.78, 5) is 29.6. The van der Waals surface area contributed by atoms with Crippen molar-refractivity contribution in [2.45, 2.75) is 70.4 Å². The lowest BCUT2D eigenvalue weighted by atomic mass is 9.89. The van der Waals surface area contributed by atoms with Crippen LogP contribution in [0.1, 0.15) is 84.5 Å². The summed E-state index contributed by atoms with van der Waals surface area (Å²) >= 11 is 0. The molecule has 0 aliphatic heterocycles. The van der Waals surface area contributed by atoms with E-state index in [2.05, 4.69) is 15.5 Å². The smallest absolute Gasteiger partial charge is 0.263 e. The highest BCUT2D eigenvalue weighted by Crippen LogP contribution is 2.33. The van der Waals surface area contributed by atoms with Gasteiger partial charge in [-0.15, -0.1) is 0 Å². The maximum Gasteiger partial charge on any atom is 0.263 e. The molecule has 2 fully saturated rings. The fraction of sp³-hybridized carbons (Fsp3) is 0.579. The van der Waals surface area contributed by atoms with Gasteiger partial charge >= 0.3 is 0 Å². The van der Waals surface area contributed by atoms with Crippen molar-refractivity contribution in [2.75, 3.05) is 0 Å². The molecule has 2 aliphatic carbocycles. The molecule has 0 saturated heterocycles. The number of amides is 1. The van der Waals surface area contributed by atoms with Gasteiger partial charge in [0.05, 0.1) is 6.54 Å². The fourth-order valence-electron chi connectivity index (χ4n) is 3.67. The highest BCUT2D eigenvalue weighted by molar-refractivity contribution is 5.95. The average Bonchev–Trinajstić information content (AvgIpc) is 3.37. The standard InChI is InChI=1S/C19H24N4O3/c1-12-9-10-23(14-7-8-14)19(25)16(12)18(24)20-11-15-21-17(22-26-15)13-5-3-2-4-6-13/h9-10,13-14H,2-8,11H2,1H3,(H,20,24).